The first-order valence-electron chi connectivity index (χ1n) is 9.39. The van der Waals surface area contributed by atoms with Crippen LogP contribution in [0.1, 0.15) is 40.5 Å². The summed E-state index contributed by atoms with van der Waals surface area (Å²) in [7, 11) is 0. The van der Waals surface area contributed by atoms with Crippen molar-refractivity contribution < 1.29 is 33.7 Å². The second-order valence-electron chi connectivity index (χ2n) is 7.53. The number of rotatable bonds is 4. The van der Waals surface area contributed by atoms with Crippen LogP contribution in [-0.4, -0.2) is 47.9 Å². The Bertz CT molecular complexity index is 716. The molecule has 4 atom stereocenters. The van der Waals surface area contributed by atoms with Crippen LogP contribution in [0.25, 0.3) is 0 Å². The van der Waals surface area contributed by atoms with Gasteiger partial charge in [-0.05, 0) is 31.4 Å². The Balaban J connectivity index is 2.47. The van der Waals surface area contributed by atoms with Crippen LogP contribution in [0.5, 0.6) is 0 Å². The normalized spacial score (nSPS) is 28.1. The largest absolute Gasteiger partial charge is 0.461 e. The number of ether oxygens (including phenoxy) is 3. The van der Waals surface area contributed by atoms with E-state index in [4.69, 9.17) is 14.2 Å². The number of hydrogen-bond donors (Lipinski definition) is 1. The summed E-state index contributed by atoms with van der Waals surface area (Å²) in [5, 5.41) is 11.0. The van der Waals surface area contributed by atoms with Gasteiger partial charge in [0.2, 0.25) is 0 Å². The Morgan fingerprint density at radius 2 is 2.07 bits per heavy atom. The summed E-state index contributed by atoms with van der Waals surface area (Å²) in [6.45, 7) is 10.2. The molecule has 1 saturated heterocycles. The van der Waals surface area contributed by atoms with Gasteiger partial charge in [-0.1, -0.05) is 32.1 Å². The zero-order valence-corrected chi connectivity index (χ0v) is 16.8. The molecule has 0 spiro atoms. The number of aliphatic hydroxyl groups excluding tert-OH is 1. The van der Waals surface area contributed by atoms with Gasteiger partial charge in [-0.2, -0.15) is 0 Å². The standard InChI is InChI=1S/C21H28O7/c1-11(2)20(24)28-19-17-13(4)21(25)27-16(17)9-12(3)7-6-8-15(18(19)23)10-26-14(5)22/h8-9,11,16-19,23H,4,6-7,10H2,1-3,5H3. The van der Waals surface area contributed by atoms with Gasteiger partial charge < -0.3 is 19.3 Å². The third-order valence-corrected chi connectivity index (χ3v) is 4.87. The summed E-state index contributed by atoms with van der Waals surface area (Å²) in [4.78, 5) is 35.7. The monoisotopic (exact) mass is 392 g/mol. The highest BCUT2D eigenvalue weighted by Gasteiger charge is 2.48. The van der Waals surface area contributed by atoms with Gasteiger partial charge in [0.25, 0.3) is 0 Å². The molecule has 7 nitrogen and oxygen atoms in total. The SMILES string of the molecule is C=C1C(=O)OC2C=C(C)CCC=C(COC(C)=O)C(O)C(OC(=O)C(C)C)C12. The molecule has 0 saturated carbocycles. The Morgan fingerprint density at radius 3 is 2.68 bits per heavy atom. The van der Waals surface area contributed by atoms with Crippen molar-refractivity contribution in [1.82, 2.24) is 0 Å². The zero-order valence-electron chi connectivity index (χ0n) is 16.8. The second-order valence-corrected chi connectivity index (χ2v) is 7.53. The average molecular weight is 392 g/mol. The highest BCUT2D eigenvalue weighted by atomic mass is 16.6. The molecule has 0 aromatic heterocycles. The molecule has 0 amide bonds. The lowest BCUT2D eigenvalue weighted by atomic mass is 9.83. The molecule has 0 radical (unpaired) electrons. The fourth-order valence-corrected chi connectivity index (χ4v) is 3.24. The van der Waals surface area contributed by atoms with Crippen molar-refractivity contribution in [2.24, 2.45) is 11.8 Å². The van der Waals surface area contributed by atoms with Crippen molar-refractivity contribution >= 4 is 17.9 Å². The molecule has 0 aromatic rings. The van der Waals surface area contributed by atoms with Crippen molar-refractivity contribution in [3.05, 3.63) is 35.5 Å². The summed E-state index contributed by atoms with van der Waals surface area (Å²) < 4.78 is 16.1. The van der Waals surface area contributed by atoms with Gasteiger partial charge in [-0.15, -0.1) is 0 Å². The topological polar surface area (TPSA) is 99.1 Å². The molecule has 2 aliphatic rings. The number of carbonyl (C=O) groups excluding carboxylic acids is 3. The lowest BCUT2D eigenvalue weighted by Gasteiger charge is -2.32. The third-order valence-electron chi connectivity index (χ3n) is 4.87. The summed E-state index contributed by atoms with van der Waals surface area (Å²) in [6.07, 6.45) is 1.81. The molecule has 1 aliphatic heterocycles. The van der Waals surface area contributed by atoms with Crippen LogP contribution in [-0.2, 0) is 28.6 Å². The summed E-state index contributed by atoms with van der Waals surface area (Å²) in [6, 6.07) is 0. The Hall–Kier alpha value is -2.41. The van der Waals surface area contributed by atoms with E-state index in [1.54, 1.807) is 19.9 Å². The molecule has 1 N–H and O–H groups in total. The lowest BCUT2D eigenvalue weighted by molar-refractivity contribution is -0.162. The minimum absolute atomic E-state index is 0.131. The molecule has 1 heterocycles. The third kappa shape index (κ3) is 5.10. The van der Waals surface area contributed by atoms with Gasteiger partial charge in [-0.25, -0.2) is 4.79 Å². The zero-order chi connectivity index (χ0) is 21.0. The number of hydrogen-bond acceptors (Lipinski definition) is 7. The maximum absolute atomic E-state index is 12.3. The van der Waals surface area contributed by atoms with E-state index < -0.39 is 48.1 Å². The first-order chi connectivity index (χ1) is 13.1. The Morgan fingerprint density at radius 1 is 1.39 bits per heavy atom. The predicted molar refractivity (Wildman–Crippen MR) is 101 cm³/mol. The number of aliphatic hydroxyl groups is 1. The number of esters is 3. The fraction of sp³-hybridized carbons (Fsp3) is 0.571. The van der Waals surface area contributed by atoms with Crippen LogP contribution in [0.4, 0.5) is 0 Å². The van der Waals surface area contributed by atoms with Crippen LogP contribution in [0, 0.1) is 11.8 Å². The quantitative estimate of drug-likeness (QED) is 0.339. The van der Waals surface area contributed by atoms with Crippen molar-refractivity contribution in [1.29, 1.82) is 0 Å². The van der Waals surface area contributed by atoms with E-state index in [2.05, 4.69) is 6.58 Å². The minimum Gasteiger partial charge on any atom is -0.461 e. The maximum atomic E-state index is 12.3. The molecular formula is C21H28O7. The molecule has 154 valence electrons. The van der Waals surface area contributed by atoms with E-state index in [0.29, 0.717) is 18.4 Å². The van der Waals surface area contributed by atoms with Crippen molar-refractivity contribution in [2.75, 3.05) is 6.61 Å². The first-order valence-corrected chi connectivity index (χ1v) is 9.39. The van der Waals surface area contributed by atoms with E-state index in [1.807, 2.05) is 13.0 Å². The molecule has 2 rings (SSSR count). The van der Waals surface area contributed by atoms with Gasteiger partial charge in [0.15, 0.2) is 0 Å². The van der Waals surface area contributed by atoms with Gasteiger partial charge in [-0.3, -0.25) is 9.59 Å². The molecule has 1 fully saturated rings. The summed E-state index contributed by atoms with van der Waals surface area (Å²) in [5.74, 6) is -2.75. The minimum atomic E-state index is -1.27. The molecule has 7 heteroatoms. The number of carbonyl (C=O) groups is 3. The highest BCUT2D eigenvalue weighted by Crippen LogP contribution is 2.36. The van der Waals surface area contributed by atoms with Crippen molar-refractivity contribution in [3.8, 4) is 0 Å². The van der Waals surface area contributed by atoms with Gasteiger partial charge in [0.05, 0.1) is 11.8 Å². The van der Waals surface area contributed by atoms with Gasteiger partial charge >= 0.3 is 17.9 Å². The van der Waals surface area contributed by atoms with Crippen LogP contribution in [0.3, 0.4) is 0 Å². The molecule has 0 bridgehead atoms. The number of fused-ring (bicyclic) bond motifs is 1. The number of allylic oxidation sites excluding steroid dienone is 2. The van der Waals surface area contributed by atoms with E-state index in [9.17, 15) is 19.5 Å². The van der Waals surface area contributed by atoms with Gasteiger partial charge in [0, 0.05) is 12.5 Å². The molecule has 28 heavy (non-hydrogen) atoms. The lowest BCUT2D eigenvalue weighted by Crippen LogP contribution is -2.44. The first kappa shape index (κ1) is 21.9. The maximum Gasteiger partial charge on any atom is 0.334 e. The fourth-order valence-electron chi connectivity index (χ4n) is 3.24. The van der Waals surface area contributed by atoms with Crippen LogP contribution >= 0.6 is 0 Å². The Labute approximate surface area is 165 Å². The molecular weight excluding hydrogens is 364 g/mol. The second kappa shape index (κ2) is 9.19. The van der Waals surface area contributed by atoms with E-state index in [0.717, 1.165) is 5.57 Å². The van der Waals surface area contributed by atoms with Crippen molar-refractivity contribution in [3.63, 3.8) is 0 Å². The average Bonchev–Trinajstić information content (AvgIpc) is 2.88. The van der Waals surface area contributed by atoms with E-state index >= 15 is 0 Å². The predicted octanol–water partition coefficient (Wildman–Crippen LogP) is 2.24. The molecule has 1 aliphatic carbocycles. The Kier molecular flexibility index (Phi) is 7.18. The summed E-state index contributed by atoms with van der Waals surface area (Å²) >= 11 is 0. The van der Waals surface area contributed by atoms with Crippen LogP contribution < -0.4 is 0 Å². The smallest absolute Gasteiger partial charge is 0.334 e. The van der Waals surface area contributed by atoms with E-state index in [-0.39, 0.29) is 12.2 Å². The molecule has 4 unspecified atom stereocenters. The van der Waals surface area contributed by atoms with Crippen LogP contribution in [0.15, 0.2) is 35.5 Å². The molecule has 0 aromatic carbocycles. The van der Waals surface area contributed by atoms with Gasteiger partial charge in [0.1, 0.15) is 24.9 Å². The summed E-state index contributed by atoms with van der Waals surface area (Å²) in [5.41, 5.74) is 1.55. The van der Waals surface area contributed by atoms with Crippen molar-refractivity contribution in [2.45, 2.75) is 58.8 Å². The van der Waals surface area contributed by atoms with E-state index in [1.165, 1.54) is 6.92 Å². The van der Waals surface area contributed by atoms with Crippen LogP contribution in [0.2, 0.25) is 0 Å². The highest BCUT2D eigenvalue weighted by molar-refractivity contribution is 5.91.